The molecule has 0 spiro atoms. The monoisotopic (exact) mass is 226 g/mol. The second-order valence-corrected chi connectivity index (χ2v) is 3.53. The molecule has 0 N–H and O–H groups in total. The third-order valence-corrected chi connectivity index (χ3v) is 2.42. The predicted molar refractivity (Wildman–Crippen MR) is 62.4 cm³/mol. The first kappa shape index (κ1) is 9.77. The maximum absolute atomic E-state index is 5.58. The zero-order valence-corrected chi connectivity index (χ0v) is 9.02. The smallest absolute Gasteiger partial charge is 0.183 e. The summed E-state index contributed by atoms with van der Waals surface area (Å²) >= 11 is 0. The van der Waals surface area contributed by atoms with Gasteiger partial charge >= 0.3 is 0 Å². The van der Waals surface area contributed by atoms with Gasteiger partial charge in [0.15, 0.2) is 6.73 Å². The van der Waals surface area contributed by atoms with Gasteiger partial charge in [-0.1, -0.05) is 17.3 Å². The number of para-hydroxylation sites is 1. The van der Waals surface area contributed by atoms with E-state index in [9.17, 15) is 0 Å². The van der Waals surface area contributed by atoms with E-state index < -0.39 is 0 Å². The van der Waals surface area contributed by atoms with Crippen molar-refractivity contribution in [1.82, 2.24) is 20.0 Å². The van der Waals surface area contributed by atoms with Crippen molar-refractivity contribution >= 4 is 11.0 Å². The Labute approximate surface area is 97.7 Å². The summed E-state index contributed by atoms with van der Waals surface area (Å²) in [6, 6.07) is 11.4. The SMILES string of the molecule is c1ccc2c(c1)nnn2COc1ccncc1. The topological polar surface area (TPSA) is 52.8 Å². The average molecular weight is 226 g/mol. The van der Waals surface area contributed by atoms with Gasteiger partial charge in [0.05, 0.1) is 5.52 Å². The molecule has 0 saturated heterocycles. The van der Waals surface area contributed by atoms with Crippen LogP contribution >= 0.6 is 0 Å². The van der Waals surface area contributed by atoms with Crippen LogP contribution in [-0.4, -0.2) is 20.0 Å². The van der Waals surface area contributed by atoms with Crippen LogP contribution in [0.3, 0.4) is 0 Å². The predicted octanol–water partition coefficient (Wildman–Crippen LogP) is 1.86. The fourth-order valence-corrected chi connectivity index (χ4v) is 1.58. The molecule has 0 atom stereocenters. The van der Waals surface area contributed by atoms with E-state index in [1.807, 2.05) is 24.3 Å². The maximum atomic E-state index is 5.58. The molecule has 1 aromatic carbocycles. The van der Waals surface area contributed by atoms with Gasteiger partial charge in [0.1, 0.15) is 11.3 Å². The summed E-state index contributed by atoms with van der Waals surface area (Å²) in [6.07, 6.45) is 3.38. The normalized spacial score (nSPS) is 10.6. The van der Waals surface area contributed by atoms with Gasteiger partial charge in [0.25, 0.3) is 0 Å². The Morgan fingerprint density at radius 3 is 2.76 bits per heavy atom. The lowest BCUT2D eigenvalue weighted by Crippen LogP contribution is -2.06. The second-order valence-electron chi connectivity index (χ2n) is 3.53. The molecule has 17 heavy (non-hydrogen) atoms. The Bertz CT molecular complexity index is 620. The molecule has 0 aliphatic carbocycles. The van der Waals surface area contributed by atoms with Gasteiger partial charge in [-0.2, -0.15) is 0 Å². The average Bonchev–Trinajstić information content (AvgIpc) is 2.81. The van der Waals surface area contributed by atoms with Crippen molar-refractivity contribution in [3.8, 4) is 5.75 Å². The molecule has 0 radical (unpaired) electrons. The highest BCUT2D eigenvalue weighted by molar-refractivity contribution is 5.73. The molecule has 5 nitrogen and oxygen atoms in total. The lowest BCUT2D eigenvalue weighted by atomic mass is 10.3. The minimum Gasteiger partial charge on any atom is -0.471 e. The number of fused-ring (bicyclic) bond motifs is 1. The Kier molecular flexibility index (Phi) is 2.42. The summed E-state index contributed by atoms with van der Waals surface area (Å²) < 4.78 is 7.30. The van der Waals surface area contributed by atoms with E-state index in [2.05, 4.69) is 15.3 Å². The zero-order valence-electron chi connectivity index (χ0n) is 9.02. The van der Waals surface area contributed by atoms with Crippen LogP contribution in [-0.2, 0) is 6.73 Å². The molecule has 84 valence electrons. The van der Waals surface area contributed by atoms with Crippen LogP contribution in [0.2, 0.25) is 0 Å². The molecule has 3 rings (SSSR count). The molecular weight excluding hydrogens is 216 g/mol. The van der Waals surface area contributed by atoms with Gasteiger partial charge in [-0.15, -0.1) is 5.10 Å². The lowest BCUT2D eigenvalue weighted by Gasteiger charge is -2.05. The second kappa shape index (κ2) is 4.21. The quantitative estimate of drug-likeness (QED) is 0.684. The van der Waals surface area contributed by atoms with Gasteiger partial charge in [-0.05, 0) is 24.3 Å². The molecule has 0 bridgehead atoms. The molecule has 2 heterocycles. The van der Waals surface area contributed by atoms with Crippen molar-refractivity contribution in [3.63, 3.8) is 0 Å². The van der Waals surface area contributed by atoms with Crippen LogP contribution in [0.15, 0.2) is 48.8 Å². The molecule has 2 aromatic heterocycles. The van der Waals surface area contributed by atoms with E-state index in [1.54, 1.807) is 29.2 Å². The van der Waals surface area contributed by atoms with Crippen molar-refractivity contribution < 1.29 is 4.74 Å². The molecule has 0 aliphatic heterocycles. The fourth-order valence-electron chi connectivity index (χ4n) is 1.58. The fraction of sp³-hybridized carbons (Fsp3) is 0.0833. The summed E-state index contributed by atoms with van der Waals surface area (Å²) in [5.74, 6) is 0.764. The molecule has 0 saturated carbocycles. The van der Waals surface area contributed by atoms with E-state index in [0.717, 1.165) is 16.8 Å². The number of benzene rings is 1. The first-order chi connectivity index (χ1) is 8.43. The van der Waals surface area contributed by atoms with Crippen molar-refractivity contribution in [1.29, 1.82) is 0 Å². The molecule has 0 amide bonds. The van der Waals surface area contributed by atoms with E-state index in [-0.39, 0.29) is 0 Å². The third-order valence-electron chi connectivity index (χ3n) is 2.42. The molecule has 5 heteroatoms. The van der Waals surface area contributed by atoms with E-state index >= 15 is 0 Å². The van der Waals surface area contributed by atoms with Crippen LogP contribution in [0.25, 0.3) is 11.0 Å². The Hall–Kier alpha value is -2.43. The van der Waals surface area contributed by atoms with Crippen LogP contribution in [0.4, 0.5) is 0 Å². The first-order valence-corrected chi connectivity index (χ1v) is 5.24. The zero-order chi connectivity index (χ0) is 11.5. The van der Waals surface area contributed by atoms with Gasteiger partial charge in [0.2, 0.25) is 0 Å². The highest BCUT2D eigenvalue weighted by Crippen LogP contribution is 2.12. The van der Waals surface area contributed by atoms with Crippen LogP contribution < -0.4 is 4.74 Å². The number of hydrogen-bond acceptors (Lipinski definition) is 4. The van der Waals surface area contributed by atoms with E-state index in [1.165, 1.54) is 0 Å². The summed E-state index contributed by atoms with van der Waals surface area (Å²) in [6.45, 7) is 0.338. The van der Waals surface area contributed by atoms with Crippen LogP contribution in [0.1, 0.15) is 0 Å². The van der Waals surface area contributed by atoms with Crippen molar-refractivity contribution in [2.24, 2.45) is 0 Å². The number of ether oxygens (including phenoxy) is 1. The summed E-state index contributed by atoms with van der Waals surface area (Å²) in [7, 11) is 0. The van der Waals surface area contributed by atoms with Crippen molar-refractivity contribution in [2.75, 3.05) is 0 Å². The maximum Gasteiger partial charge on any atom is 0.183 e. The number of nitrogens with zero attached hydrogens (tertiary/aromatic N) is 4. The molecule has 0 aliphatic rings. The molecular formula is C12H10N4O. The third kappa shape index (κ3) is 1.94. The van der Waals surface area contributed by atoms with Gasteiger partial charge < -0.3 is 4.74 Å². The Morgan fingerprint density at radius 1 is 1.06 bits per heavy atom. The minimum atomic E-state index is 0.338. The Morgan fingerprint density at radius 2 is 1.88 bits per heavy atom. The lowest BCUT2D eigenvalue weighted by molar-refractivity contribution is 0.223. The summed E-state index contributed by atoms with van der Waals surface area (Å²) in [4.78, 5) is 3.93. The minimum absolute atomic E-state index is 0.338. The summed E-state index contributed by atoms with van der Waals surface area (Å²) in [5.41, 5.74) is 1.83. The van der Waals surface area contributed by atoms with Crippen molar-refractivity contribution in [3.05, 3.63) is 48.8 Å². The number of hydrogen-bond donors (Lipinski definition) is 0. The number of aromatic nitrogens is 4. The van der Waals surface area contributed by atoms with E-state index in [0.29, 0.717) is 6.73 Å². The van der Waals surface area contributed by atoms with Crippen LogP contribution in [0.5, 0.6) is 5.75 Å². The standard InChI is InChI=1S/C12H10N4O/c1-2-4-12-11(3-1)14-15-16(12)9-17-10-5-7-13-8-6-10/h1-8H,9H2. The number of pyridine rings is 1. The van der Waals surface area contributed by atoms with Crippen molar-refractivity contribution in [2.45, 2.75) is 6.73 Å². The molecule has 0 unspecified atom stereocenters. The van der Waals surface area contributed by atoms with Gasteiger partial charge in [-0.3, -0.25) is 4.98 Å². The molecule has 0 fully saturated rings. The highest BCUT2D eigenvalue weighted by atomic mass is 16.5. The largest absolute Gasteiger partial charge is 0.471 e. The van der Waals surface area contributed by atoms with Crippen LogP contribution in [0, 0.1) is 0 Å². The van der Waals surface area contributed by atoms with Gasteiger partial charge in [0, 0.05) is 12.4 Å². The first-order valence-electron chi connectivity index (χ1n) is 5.24. The van der Waals surface area contributed by atoms with E-state index in [4.69, 9.17) is 4.74 Å². The molecule has 3 aromatic rings. The Balaban J connectivity index is 1.82. The summed E-state index contributed by atoms with van der Waals surface area (Å²) in [5, 5.41) is 8.09. The highest BCUT2D eigenvalue weighted by Gasteiger charge is 2.02. The number of rotatable bonds is 3. The van der Waals surface area contributed by atoms with Gasteiger partial charge in [-0.25, -0.2) is 4.68 Å².